The Hall–Kier alpha value is -2.86. The molecular formula is C19H19F3N6O2S. The standard InChI is InChI=1S/C19H19F3N6O2S/c1-23-17(30)11-7-24-18(26-16(11)19(20,21)22)27-3-4-28-13-6-14(31-2)10(9-29)5-12(13)25-15(28)8-27/h5-7,29H,3-4,8-9H2,1-2H3,(H,23,30). The number of fused-ring (bicyclic) bond motifs is 3. The van der Waals surface area contributed by atoms with Crippen LogP contribution in [-0.4, -0.2) is 50.4 Å². The van der Waals surface area contributed by atoms with Gasteiger partial charge in [-0.2, -0.15) is 13.2 Å². The molecule has 0 bridgehead atoms. The van der Waals surface area contributed by atoms with E-state index in [1.807, 2.05) is 23.0 Å². The van der Waals surface area contributed by atoms with Gasteiger partial charge in [-0.25, -0.2) is 15.0 Å². The van der Waals surface area contributed by atoms with Crippen molar-refractivity contribution >= 4 is 34.7 Å². The summed E-state index contributed by atoms with van der Waals surface area (Å²) in [6.45, 7) is 0.978. The Balaban J connectivity index is 1.71. The van der Waals surface area contributed by atoms with E-state index in [2.05, 4.69) is 20.3 Å². The summed E-state index contributed by atoms with van der Waals surface area (Å²) >= 11 is 1.52. The Bertz CT molecular complexity index is 1160. The van der Waals surface area contributed by atoms with Crippen molar-refractivity contribution in [3.05, 3.63) is 41.0 Å². The third kappa shape index (κ3) is 3.81. The first-order valence-corrected chi connectivity index (χ1v) is 10.6. The molecular weight excluding hydrogens is 433 g/mol. The lowest BCUT2D eigenvalue weighted by molar-refractivity contribution is -0.141. The Morgan fingerprint density at radius 1 is 1.29 bits per heavy atom. The molecule has 0 saturated carbocycles. The molecule has 31 heavy (non-hydrogen) atoms. The van der Waals surface area contributed by atoms with Crippen LogP contribution in [0.25, 0.3) is 11.0 Å². The van der Waals surface area contributed by atoms with Gasteiger partial charge in [0.25, 0.3) is 5.91 Å². The zero-order valence-electron chi connectivity index (χ0n) is 16.7. The molecule has 0 aliphatic carbocycles. The van der Waals surface area contributed by atoms with Crippen LogP contribution in [-0.2, 0) is 25.9 Å². The number of aliphatic hydroxyl groups excluding tert-OH is 1. The van der Waals surface area contributed by atoms with E-state index in [-0.39, 0.29) is 19.1 Å². The summed E-state index contributed by atoms with van der Waals surface area (Å²) in [5.74, 6) is -0.348. The van der Waals surface area contributed by atoms with Gasteiger partial charge < -0.3 is 19.9 Å². The average molecular weight is 452 g/mol. The number of amides is 1. The predicted molar refractivity (Wildman–Crippen MR) is 109 cm³/mol. The molecule has 0 unspecified atom stereocenters. The van der Waals surface area contributed by atoms with Crippen molar-refractivity contribution in [1.29, 1.82) is 0 Å². The Kier molecular flexibility index (Phi) is 5.52. The number of aliphatic hydroxyl groups is 1. The van der Waals surface area contributed by atoms with Gasteiger partial charge in [-0.1, -0.05) is 0 Å². The van der Waals surface area contributed by atoms with Gasteiger partial charge in [-0.15, -0.1) is 11.8 Å². The number of rotatable bonds is 4. The molecule has 3 aromatic rings. The molecule has 1 amide bonds. The van der Waals surface area contributed by atoms with Crippen molar-refractivity contribution in [2.24, 2.45) is 0 Å². The molecule has 1 aromatic carbocycles. The second-order valence-electron chi connectivity index (χ2n) is 6.92. The number of anilines is 1. The van der Waals surface area contributed by atoms with E-state index in [1.165, 1.54) is 18.8 Å². The lowest BCUT2D eigenvalue weighted by Gasteiger charge is -2.28. The van der Waals surface area contributed by atoms with Gasteiger partial charge >= 0.3 is 6.18 Å². The maximum atomic E-state index is 13.5. The lowest BCUT2D eigenvalue weighted by atomic mass is 10.2. The van der Waals surface area contributed by atoms with Gasteiger partial charge in [0.2, 0.25) is 5.95 Å². The van der Waals surface area contributed by atoms with E-state index < -0.39 is 23.3 Å². The number of hydrogen-bond acceptors (Lipinski definition) is 7. The third-order valence-corrected chi connectivity index (χ3v) is 5.94. The summed E-state index contributed by atoms with van der Waals surface area (Å²) < 4.78 is 42.5. The fraction of sp³-hybridized carbons (Fsp3) is 0.368. The number of aromatic nitrogens is 4. The van der Waals surface area contributed by atoms with Crippen LogP contribution >= 0.6 is 11.8 Å². The molecule has 2 aromatic heterocycles. The molecule has 4 rings (SSSR count). The van der Waals surface area contributed by atoms with E-state index in [4.69, 9.17) is 0 Å². The highest BCUT2D eigenvalue weighted by atomic mass is 32.2. The molecule has 12 heteroatoms. The van der Waals surface area contributed by atoms with Gasteiger partial charge in [0, 0.05) is 31.2 Å². The van der Waals surface area contributed by atoms with Crippen LogP contribution < -0.4 is 10.2 Å². The summed E-state index contributed by atoms with van der Waals surface area (Å²) in [6.07, 6.45) is -1.97. The first-order chi connectivity index (χ1) is 14.8. The Morgan fingerprint density at radius 3 is 2.71 bits per heavy atom. The number of benzene rings is 1. The number of alkyl halides is 3. The zero-order chi connectivity index (χ0) is 22.3. The molecule has 0 radical (unpaired) electrons. The number of imidazole rings is 1. The second-order valence-corrected chi connectivity index (χ2v) is 7.77. The minimum absolute atomic E-state index is 0.105. The number of thioether (sulfide) groups is 1. The molecule has 0 atom stereocenters. The van der Waals surface area contributed by atoms with Crippen molar-refractivity contribution in [3.8, 4) is 0 Å². The summed E-state index contributed by atoms with van der Waals surface area (Å²) in [7, 11) is 1.25. The van der Waals surface area contributed by atoms with E-state index in [0.717, 1.165) is 22.2 Å². The number of nitrogens with zero attached hydrogens (tertiary/aromatic N) is 5. The fourth-order valence-electron chi connectivity index (χ4n) is 3.61. The van der Waals surface area contributed by atoms with Gasteiger partial charge in [-0.3, -0.25) is 4.79 Å². The molecule has 8 nitrogen and oxygen atoms in total. The molecule has 1 aliphatic heterocycles. The maximum absolute atomic E-state index is 13.5. The predicted octanol–water partition coefficient (Wildman–Crippen LogP) is 2.44. The zero-order valence-corrected chi connectivity index (χ0v) is 17.5. The molecule has 0 saturated heterocycles. The van der Waals surface area contributed by atoms with E-state index >= 15 is 0 Å². The van der Waals surface area contributed by atoms with Crippen LogP contribution in [0.5, 0.6) is 0 Å². The maximum Gasteiger partial charge on any atom is 0.434 e. The largest absolute Gasteiger partial charge is 0.434 e. The molecule has 0 spiro atoms. The van der Waals surface area contributed by atoms with Gasteiger partial charge in [0.15, 0.2) is 5.69 Å². The molecule has 0 fully saturated rings. The van der Waals surface area contributed by atoms with Crippen LogP contribution in [0.3, 0.4) is 0 Å². The summed E-state index contributed by atoms with van der Waals surface area (Å²) in [4.78, 5) is 26.6. The normalized spacial score (nSPS) is 14.1. The topological polar surface area (TPSA) is 96.2 Å². The quantitative estimate of drug-likeness (QED) is 0.587. The van der Waals surface area contributed by atoms with Gasteiger partial charge in [-0.05, 0) is 24.0 Å². The molecule has 2 N–H and O–H groups in total. The number of nitrogens with one attached hydrogen (secondary N) is 1. The van der Waals surface area contributed by atoms with E-state index in [1.54, 1.807) is 4.90 Å². The molecule has 3 heterocycles. The fourth-order valence-corrected chi connectivity index (χ4v) is 4.23. The highest BCUT2D eigenvalue weighted by molar-refractivity contribution is 7.98. The number of carbonyl (C=O) groups is 1. The van der Waals surface area contributed by atoms with Crippen molar-refractivity contribution in [3.63, 3.8) is 0 Å². The van der Waals surface area contributed by atoms with Crippen LogP contribution in [0.4, 0.5) is 19.1 Å². The van der Waals surface area contributed by atoms with Crippen molar-refractivity contribution in [2.75, 3.05) is 24.7 Å². The summed E-state index contributed by atoms with van der Waals surface area (Å²) in [5, 5.41) is 11.8. The van der Waals surface area contributed by atoms with Gasteiger partial charge in [0.1, 0.15) is 5.82 Å². The van der Waals surface area contributed by atoms with Crippen molar-refractivity contribution < 1.29 is 23.1 Å². The van der Waals surface area contributed by atoms with Crippen LogP contribution in [0, 0.1) is 0 Å². The summed E-state index contributed by atoms with van der Waals surface area (Å²) in [5.41, 5.74) is 0.501. The van der Waals surface area contributed by atoms with Crippen LogP contribution in [0.1, 0.15) is 27.4 Å². The number of halogens is 3. The van der Waals surface area contributed by atoms with Crippen LogP contribution in [0.2, 0.25) is 0 Å². The van der Waals surface area contributed by atoms with Gasteiger partial charge in [0.05, 0.1) is 29.7 Å². The smallest absolute Gasteiger partial charge is 0.392 e. The van der Waals surface area contributed by atoms with E-state index in [9.17, 15) is 23.1 Å². The Morgan fingerprint density at radius 2 is 2.06 bits per heavy atom. The summed E-state index contributed by atoms with van der Waals surface area (Å²) in [6, 6.07) is 3.79. The monoisotopic (exact) mass is 452 g/mol. The molecule has 1 aliphatic rings. The SMILES string of the molecule is CNC(=O)c1cnc(N2CCn3c(nc4cc(CO)c(SC)cc43)C2)nc1C(F)(F)F. The molecule has 164 valence electrons. The minimum Gasteiger partial charge on any atom is -0.392 e. The number of hydrogen-bond donors (Lipinski definition) is 2. The first-order valence-electron chi connectivity index (χ1n) is 9.35. The average Bonchev–Trinajstić information content (AvgIpc) is 3.12. The minimum atomic E-state index is -4.79. The highest BCUT2D eigenvalue weighted by Crippen LogP contribution is 2.33. The highest BCUT2D eigenvalue weighted by Gasteiger charge is 2.38. The Labute approximate surface area is 179 Å². The van der Waals surface area contributed by atoms with Crippen molar-refractivity contribution in [1.82, 2.24) is 24.8 Å². The van der Waals surface area contributed by atoms with Crippen molar-refractivity contribution in [2.45, 2.75) is 30.8 Å². The lowest BCUT2D eigenvalue weighted by Crippen LogP contribution is -2.36. The first kappa shape index (κ1) is 21.4. The third-order valence-electron chi connectivity index (χ3n) is 5.12. The second kappa shape index (κ2) is 8.00. The number of carbonyl (C=O) groups excluding carboxylic acids is 1. The van der Waals surface area contributed by atoms with Crippen LogP contribution in [0.15, 0.2) is 23.2 Å². The van der Waals surface area contributed by atoms with E-state index in [0.29, 0.717) is 24.4 Å².